The fourth-order valence-corrected chi connectivity index (χ4v) is 3.43. The summed E-state index contributed by atoms with van der Waals surface area (Å²) in [7, 11) is 1.59. The van der Waals surface area contributed by atoms with Crippen LogP contribution in [0, 0.1) is 0 Å². The zero-order chi connectivity index (χ0) is 17.2. The molecule has 0 spiro atoms. The van der Waals surface area contributed by atoms with E-state index in [9.17, 15) is 4.79 Å². The summed E-state index contributed by atoms with van der Waals surface area (Å²) in [5, 5.41) is 4.87. The van der Waals surface area contributed by atoms with Crippen molar-refractivity contribution >= 4 is 16.8 Å². The Morgan fingerprint density at radius 2 is 2.28 bits per heavy atom. The number of ether oxygens (including phenoxy) is 1. The quantitative estimate of drug-likeness (QED) is 0.789. The minimum absolute atomic E-state index is 0.00589. The molecular formula is C18H20N4O3. The van der Waals surface area contributed by atoms with Crippen LogP contribution in [0.4, 0.5) is 0 Å². The van der Waals surface area contributed by atoms with Gasteiger partial charge in [-0.1, -0.05) is 23.4 Å². The van der Waals surface area contributed by atoms with E-state index in [2.05, 4.69) is 15.1 Å². The predicted molar refractivity (Wildman–Crippen MR) is 90.9 cm³/mol. The SMILES string of the molecule is COCc1noc([C@H]2CCCCN2C(=O)c2c[nH]c3ccccc23)n1. The van der Waals surface area contributed by atoms with Crippen LogP contribution in [0.3, 0.4) is 0 Å². The van der Waals surface area contributed by atoms with Crippen LogP contribution in [0.1, 0.15) is 47.4 Å². The number of carbonyl (C=O) groups is 1. The van der Waals surface area contributed by atoms with Gasteiger partial charge in [0.25, 0.3) is 5.91 Å². The van der Waals surface area contributed by atoms with Gasteiger partial charge in [-0.25, -0.2) is 0 Å². The van der Waals surface area contributed by atoms with Gasteiger partial charge in [0.2, 0.25) is 5.89 Å². The van der Waals surface area contributed by atoms with Gasteiger partial charge >= 0.3 is 0 Å². The summed E-state index contributed by atoms with van der Waals surface area (Å²) in [6.07, 6.45) is 4.61. The fraction of sp³-hybridized carbons (Fsp3) is 0.389. The van der Waals surface area contributed by atoms with Crippen molar-refractivity contribution in [3.63, 3.8) is 0 Å². The van der Waals surface area contributed by atoms with Gasteiger partial charge in [0, 0.05) is 30.8 Å². The lowest BCUT2D eigenvalue weighted by atomic mass is 10.0. The minimum atomic E-state index is -0.187. The van der Waals surface area contributed by atoms with Gasteiger partial charge in [0.1, 0.15) is 12.6 Å². The van der Waals surface area contributed by atoms with Crippen LogP contribution in [0.2, 0.25) is 0 Å². The summed E-state index contributed by atoms with van der Waals surface area (Å²) in [4.78, 5) is 22.6. The highest BCUT2D eigenvalue weighted by molar-refractivity contribution is 6.06. The first-order valence-corrected chi connectivity index (χ1v) is 8.46. The number of likely N-dealkylation sites (tertiary alicyclic amines) is 1. The number of hydrogen-bond acceptors (Lipinski definition) is 5. The molecule has 1 atom stereocenters. The Balaban J connectivity index is 1.65. The van der Waals surface area contributed by atoms with Crippen molar-refractivity contribution in [1.82, 2.24) is 20.0 Å². The molecule has 4 rings (SSSR count). The number of methoxy groups -OCH3 is 1. The van der Waals surface area contributed by atoms with Gasteiger partial charge in [-0.15, -0.1) is 0 Å². The monoisotopic (exact) mass is 340 g/mol. The second-order valence-corrected chi connectivity index (χ2v) is 6.24. The van der Waals surface area contributed by atoms with Crippen LogP contribution in [0.15, 0.2) is 35.0 Å². The highest BCUT2D eigenvalue weighted by Crippen LogP contribution is 2.32. The molecule has 1 aliphatic heterocycles. The minimum Gasteiger partial charge on any atom is -0.377 e. The number of carbonyl (C=O) groups excluding carboxylic acids is 1. The van der Waals surface area contributed by atoms with Crippen LogP contribution in [-0.2, 0) is 11.3 Å². The van der Waals surface area contributed by atoms with Gasteiger partial charge < -0.3 is 19.1 Å². The van der Waals surface area contributed by atoms with E-state index in [1.165, 1.54) is 0 Å². The molecule has 1 saturated heterocycles. The predicted octanol–water partition coefficient (Wildman–Crippen LogP) is 3.06. The van der Waals surface area contributed by atoms with Gasteiger partial charge in [-0.2, -0.15) is 4.98 Å². The molecule has 0 radical (unpaired) electrons. The van der Waals surface area contributed by atoms with Crippen LogP contribution in [0.5, 0.6) is 0 Å². The van der Waals surface area contributed by atoms with Gasteiger partial charge in [-0.3, -0.25) is 4.79 Å². The molecule has 7 nitrogen and oxygen atoms in total. The largest absolute Gasteiger partial charge is 0.377 e. The molecular weight excluding hydrogens is 320 g/mol. The van der Waals surface area contributed by atoms with Gasteiger partial charge in [-0.05, 0) is 25.3 Å². The van der Waals surface area contributed by atoms with Crippen molar-refractivity contribution in [2.75, 3.05) is 13.7 Å². The Kier molecular flexibility index (Phi) is 4.23. The first-order chi connectivity index (χ1) is 12.3. The third kappa shape index (κ3) is 2.91. The topological polar surface area (TPSA) is 84.3 Å². The lowest BCUT2D eigenvalue weighted by Crippen LogP contribution is -2.38. The van der Waals surface area contributed by atoms with Crippen molar-refractivity contribution in [1.29, 1.82) is 0 Å². The number of rotatable bonds is 4. The van der Waals surface area contributed by atoms with E-state index >= 15 is 0 Å². The highest BCUT2D eigenvalue weighted by Gasteiger charge is 2.33. The summed E-state index contributed by atoms with van der Waals surface area (Å²) in [5.74, 6) is 0.983. The molecule has 3 aromatic rings. The molecule has 1 aliphatic rings. The molecule has 130 valence electrons. The van der Waals surface area contributed by atoms with Crippen molar-refractivity contribution in [3.8, 4) is 0 Å². The maximum atomic E-state index is 13.2. The summed E-state index contributed by atoms with van der Waals surface area (Å²) < 4.78 is 10.4. The zero-order valence-electron chi connectivity index (χ0n) is 14.1. The standard InChI is InChI=1S/C18H20N4O3/c1-24-11-16-20-17(25-21-16)15-8-4-5-9-22(15)18(23)13-10-19-14-7-3-2-6-12(13)14/h2-3,6-7,10,15,19H,4-5,8-9,11H2,1H3/t15-/m1/s1. The fourth-order valence-electron chi connectivity index (χ4n) is 3.43. The summed E-state index contributed by atoms with van der Waals surface area (Å²) >= 11 is 0. The van der Waals surface area contributed by atoms with Crippen molar-refractivity contribution in [2.24, 2.45) is 0 Å². The molecule has 25 heavy (non-hydrogen) atoms. The van der Waals surface area contributed by atoms with Gasteiger partial charge in [0.05, 0.1) is 5.56 Å². The number of para-hydroxylation sites is 1. The Labute approximate surface area is 145 Å². The number of fused-ring (bicyclic) bond motifs is 1. The molecule has 0 saturated carbocycles. The number of hydrogen-bond donors (Lipinski definition) is 1. The average Bonchev–Trinajstić information content (AvgIpc) is 3.28. The van der Waals surface area contributed by atoms with E-state index in [1.807, 2.05) is 29.2 Å². The van der Waals surface area contributed by atoms with Gasteiger partial charge in [0.15, 0.2) is 5.82 Å². The van der Waals surface area contributed by atoms with Crippen LogP contribution >= 0.6 is 0 Å². The number of nitrogens with zero attached hydrogens (tertiary/aromatic N) is 3. The number of H-pyrrole nitrogens is 1. The molecule has 1 fully saturated rings. The molecule has 0 aliphatic carbocycles. The third-order valence-electron chi connectivity index (χ3n) is 4.63. The Morgan fingerprint density at radius 1 is 1.40 bits per heavy atom. The lowest BCUT2D eigenvalue weighted by molar-refractivity contribution is 0.0563. The summed E-state index contributed by atoms with van der Waals surface area (Å²) in [6, 6.07) is 7.63. The first-order valence-electron chi connectivity index (χ1n) is 8.46. The molecule has 3 heterocycles. The van der Waals surface area contributed by atoms with Crippen molar-refractivity contribution < 1.29 is 14.1 Å². The van der Waals surface area contributed by atoms with E-state index in [0.29, 0.717) is 30.4 Å². The Bertz CT molecular complexity index is 885. The number of benzene rings is 1. The molecule has 1 amide bonds. The van der Waals surface area contributed by atoms with E-state index in [-0.39, 0.29) is 11.9 Å². The molecule has 1 aromatic carbocycles. The number of aromatic nitrogens is 3. The number of piperidine rings is 1. The average molecular weight is 340 g/mol. The van der Waals surface area contributed by atoms with Crippen molar-refractivity contribution in [2.45, 2.75) is 31.9 Å². The number of aromatic amines is 1. The number of amides is 1. The van der Waals surface area contributed by atoms with Crippen LogP contribution in [-0.4, -0.2) is 39.6 Å². The molecule has 1 N–H and O–H groups in total. The molecule has 2 aromatic heterocycles. The highest BCUT2D eigenvalue weighted by atomic mass is 16.5. The third-order valence-corrected chi connectivity index (χ3v) is 4.63. The Hall–Kier alpha value is -2.67. The second kappa shape index (κ2) is 6.68. The first kappa shape index (κ1) is 15.8. The van der Waals surface area contributed by atoms with E-state index in [0.717, 1.165) is 30.2 Å². The maximum Gasteiger partial charge on any atom is 0.256 e. The second-order valence-electron chi connectivity index (χ2n) is 6.24. The maximum absolute atomic E-state index is 13.2. The van der Waals surface area contributed by atoms with Crippen LogP contribution in [0.25, 0.3) is 10.9 Å². The van der Waals surface area contributed by atoms with Crippen molar-refractivity contribution in [3.05, 3.63) is 47.7 Å². The summed E-state index contributed by atoms with van der Waals surface area (Å²) in [6.45, 7) is 0.984. The molecule has 7 heteroatoms. The van der Waals surface area contributed by atoms with E-state index < -0.39 is 0 Å². The smallest absolute Gasteiger partial charge is 0.256 e. The summed E-state index contributed by atoms with van der Waals surface area (Å²) in [5.41, 5.74) is 1.64. The van der Waals surface area contributed by atoms with Crippen LogP contribution < -0.4 is 0 Å². The Morgan fingerprint density at radius 3 is 3.16 bits per heavy atom. The number of nitrogens with one attached hydrogen (secondary N) is 1. The normalized spacial score (nSPS) is 18.0. The molecule has 0 unspecified atom stereocenters. The zero-order valence-corrected chi connectivity index (χ0v) is 14.1. The van der Waals surface area contributed by atoms with E-state index in [4.69, 9.17) is 9.26 Å². The molecule has 0 bridgehead atoms. The van der Waals surface area contributed by atoms with E-state index in [1.54, 1.807) is 13.3 Å². The lowest BCUT2D eigenvalue weighted by Gasteiger charge is -2.33.